The Labute approximate surface area is 131 Å². The van der Waals surface area contributed by atoms with Crippen molar-refractivity contribution in [3.8, 4) is 5.75 Å². The van der Waals surface area contributed by atoms with Crippen LogP contribution in [0, 0.1) is 0 Å². The minimum atomic E-state index is -0.168. The number of anilines is 1. The molecular formula is C16H25N3O3. The lowest BCUT2D eigenvalue weighted by Gasteiger charge is -2.19. The molecule has 0 aliphatic carbocycles. The van der Waals surface area contributed by atoms with Crippen LogP contribution in [-0.2, 0) is 9.59 Å². The van der Waals surface area contributed by atoms with E-state index in [1.54, 1.807) is 11.0 Å². The van der Waals surface area contributed by atoms with Gasteiger partial charge in [-0.15, -0.1) is 0 Å². The van der Waals surface area contributed by atoms with Gasteiger partial charge in [0.2, 0.25) is 11.8 Å². The minimum Gasteiger partial charge on any atom is -0.492 e. The Morgan fingerprint density at radius 3 is 2.41 bits per heavy atom. The molecule has 0 unspecified atom stereocenters. The molecule has 0 radical (unpaired) electrons. The third-order valence-electron chi connectivity index (χ3n) is 3.02. The second-order valence-corrected chi connectivity index (χ2v) is 4.73. The Morgan fingerprint density at radius 2 is 1.77 bits per heavy atom. The second-order valence-electron chi connectivity index (χ2n) is 4.73. The molecule has 0 fully saturated rings. The first-order valence-corrected chi connectivity index (χ1v) is 7.61. The van der Waals surface area contributed by atoms with Crippen molar-refractivity contribution in [2.75, 3.05) is 38.1 Å². The maximum Gasteiger partial charge on any atom is 0.238 e. The van der Waals surface area contributed by atoms with Gasteiger partial charge in [0, 0.05) is 6.54 Å². The van der Waals surface area contributed by atoms with E-state index in [1.807, 2.05) is 39.0 Å². The van der Waals surface area contributed by atoms with Crippen molar-refractivity contribution < 1.29 is 14.3 Å². The normalized spacial score (nSPS) is 10.4. The van der Waals surface area contributed by atoms with Gasteiger partial charge in [0.1, 0.15) is 5.75 Å². The molecule has 1 rings (SSSR count). The van der Waals surface area contributed by atoms with Crippen LogP contribution in [0.1, 0.15) is 20.8 Å². The standard InChI is InChI=1S/C16H25N3O3/c1-4-17-15(20)11-19(5-2)12-16(21)18-13-9-7-8-10-14(13)22-6-3/h7-10H,4-6,11-12H2,1-3H3,(H,17,20)(H,18,21). The fraction of sp³-hybridized carbons (Fsp3) is 0.500. The molecular weight excluding hydrogens is 282 g/mol. The minimum absolute atomic E-state index is 0.0770. The number of hydrogen-bond donors (Lipinski definition) is 2. The number of likely N-dealkylation sites (N-methyl/N-ethyl adjacent to an activating group) is 2. The molecule has 0 bridgehead atoms. The summed E-state index contributed by atoms with van der Waals surface area (Å²) in [5, 5.41) is 5.55. The maximum atomic E-state index is 12.1. The Bertz CT molecular complexity index is 491. The largest absolute Gasteiger partial charge is 0.492 e. The van der Waals surface area contributed by atoms with Crippen molar-refractivity contribution >= 4 is 17.5 Å². The van der Waals surface area contributed by atoms with E-state index < -0.39 is 0 Å². The first-order chi connectivity index (χ1) is 10.6. The van der Waals surface area contributed by atoms with Crippen LogP contribution in [0.2, 0.25) is 0 Å². The van der Waals surface area contributed by atoms with Crippen molar-refractivity contribution in [2.24, 2.45) is 0 Å². The third kappa shape index (κ3) is 6.13. The summed E-state index contributed by atoms with van der Waals surface area (Å²) in [5.74, 6) is 0.398. The van der Waals surface area contributed by atoms with Crippen LogP contribution < -0.4 is 15.4 Å². The molecule has 0 saturated heterocycles. The van der Waals surface area contributed by atoms with Gasteiger partial charge >= 0.3 is 0 Å². The number of benzene rings is 1. The quantitative estimate of drug-likeness (QED) is 0.725. The molecule has 0 aliphatic heterocycles. The zero-order valence-electron chi connectivity index (χ0n) is 13.5. The van der Waals surface area contributed by atoms with Gasteiger partial charge in [0.15, 0.2) is 0 Å². The van der Waals surface area contributed by atoms with Gasteiger partial charge in [-0.3, -0.25) is 14.5 Å². The molecule has 6 heteroatoms. The average molecular weight is 307 g/mol. The van der Waals surface area contributed by atoms with E-state index >= 15 is 0 Å². The molecule has 0 spiro atoms. The molecule has 2 N–H and O–H groups in total. The van der Waals surface area contributed by atoms with Crippen LogP contribution in [0.3, 0.4) is 0 Å². The molecule has 22 heavy (non-hydrogen) atoms. The Morgan fingerprint density at radius 1 is 1.09 bits per heavy atom. The molecule has 0 saturated carbocycles. The SMILES string of the molecule is CCNC(=O)CN(CC)CC(=O)Nc1ccccc1OCC. The highest BCUT2D eigenvalue weighted by Crippen LogP contribution is 2.23. The van der Waals surface area contributed by atoms with Crippen LogP contribution in [0.5, 0.6) is 5.75 Å². The van der Waals surface area contributed by atoms with Gasteiger partial charge in [-0.1, -0.05) is 19.1 Å². The van der Waals surface area contributed by atoms with Crippen LogP contribution in [-0.4, -0.2) is 49.5 Å². The van der Waals surface area contributed by atoms with E-state index in [-0.39, 0.29) is 24.9 Å². The number of nitrogens with one attached hydrogen (secondary N) is 2. The van der Waals surface area contributed by atoms with Crippen LogP contribution >= 0.6 is 0 Å². The monoisotopic (exact) mass is 307 g/mol. The summed E-state index contributed by atoms with van der Waals surface area (Å²) in [5.41, 5.74) is 0.642. The smallest absolute Gasteiger partial charge is 0.238 e. The van der Waals surface area contributed by atoms with Gasteiger partial charge in [-0.05, 0) is 32.5 Å². The van der Waals surface area contributed by atoms with E-state index in [4.69, 9.17) is 4.74 Å². The molecule has 6 nitrogen and oxygen atoms in total. The third-order valence-corrected chi connectivity index (χ3v) is 3.02. The summed E-state index contributed by atoms with van der Waals surface area (Å²) in [4.78, 5) is 25.5. The Hall–Kier alpha value is -2.08. The van der Waals surface area contributed by atoms with E-state index in [0.717, 1.165) is 0 Å². The molecule has 0 aromatic heterocycles. The Balaban J connectivity index is 2.59. The predicted octanol–water partition coefficient (Wildman–Crippen LogP) is 1.48. The summed E-state index contributed by atoms with van der Waals surface area (Å²) in [6.07, 6.45) is 0. The van der Waals surface area contributed by atoms with Crippen LogP contribution in [0.25, 0.3) is 0 Å². The zero-order chi connectivity index (χ0) is 16.4. The van der Waals surface area contributed by atoms with Crippen molar-refractivity contribution in [1.82, 2.24) is 10.2 Å². The lowest BCUT2D eigenvalue weighted by Crippen LogP contribution is -2.41. The highest BCUT2D eigenvalue weighted by atomic mass is 16.5. The average Bonchev–Trinajstić information content (AvgIpc) is 2.49. The highest BCUT2D eigenvalue weighted by molar-refractivity contribution is 5.94. The van der Waals surface area contributed by atoms with E-state index in [2.05, 4.69) is 10.6 Å². The fourth-order valence-corrected chi connectivity index (χ4v) is 1.98. The maximum absolute atomic E-state index is 12.1. The number of rotatable bonds is 9. The lowest BCUT2D eigenvalue weighted by molar-refractivity contribution is -0.123. The topological polar surface area (TPSA) is 70.7 Å². The molecule has 1 aromatic carbocycles. The number of carbonyl (C=O) groups excluding carboxylic acids is 2. The summed E-state index contributed by atoms with van der Waals surface area (Å²) < 4.78 is 5.47. The fourth-order valence-electron chi connectivity index (χ4n) is 1.98. The number of hydrogen-bond acceptors (Lipinski definition) is 4. The second kappa shape index (κ2) is 9.78. The van der Waals surface area contributed by atoms with Crippen molar-refractivity contribution in [3.05, 3.63) is 24.3 Å². The zero-order valence-corrected chi connectivity index (χ0v) is 13.5. The summed E-state index contributed by atoms with van der Waals surface area (Å²) in [6.45, 7) is 7.79. The number of para-hydroxylation sites is 2. The first kappa shape index (κ1) is 18.0. The van der Waals surface area contributed by atoms with Gasteiger partial charge < -0.3 is 15.4 Å². The van der Waals surface area contributed by atoms with Gasteiger partial charge in [0.25, 0.3) is 0 Å². The number of carbonyl (C=O) groups is 2. The number of amides is 2. The van der Waals surface area contributed by atoms with Gasteiger partial charge in [-0.2, -0.15) is 0 Å². The van der Waals surface area contributed by atoms with Gasteiger partial charge in [-0.25, -0.2) is 0 Å². The molecule has 2 amide bonds. The first-order valence-electron chi connectivity index (χ1n) is 7.61. The van der Waals surface area contributed by atoms with Crippen molar-refractivity contribution in [3.63, 3.8) is 0 Å². The number of nitrogens with zero attached hydrogens (tertiary/aromatic N) is 1. The van der Waals surface area contributed by atoms with E-state index in [1.165, 1.54) is 0 Å². The van der Waals surface area contributed by atoms with Crippen LogP contribution in [0.15, 0.2) is 24.3 Å². The van der Waals surface area contributed by atoms with E-state index in [0.29, 0.717) is 31.1 Å². The molecule has 0 heterocycles. The van der Waals surface area contributed by atoms with Crippen LogP contribution in [0.4, 0.5) is 5.69 Å². The van der Waals surface area contributed by atoms with E-state index in [9.17, 15) is 9.59 Å². The van der Waals surface area contributed by atoms with Crippen molar-refractivity contribution in [1.29, 1.82) is 0 Å². The predicted molar refractivity (Wildman–Crippen MR) is 87.0 cm³/mol. The lowest BCUT2D eigenvalue weighted by atomic mass is 10.3. The molecule has 122 valence electrons. The number of ether oxygens (including phenoxy) is 1. The highest BCUT2D eigenvalue weighted by Gasteiger charge is 2.14. The Kier molecular flexibility index (Phi) is 7.99. The molecule has 0 aliphatic rings. The molecule has 1 aromatic rings. The summed E-state index contributed by atoms with van der Waals surface area (Å²) >= 11 is 0. The summed E-state index contributed by atoms with van der Waals surface area (Å²) in [7, 11) is 0. The summed E-state index contributed by atoms with van der Waals surface area (Å²) in [6, 6.07) is 7.30. The van der Waals surface area contributed by atoms with Gasteiger partial charge in [0.05, 0.1) is 25.4 Å². The van der Waals surface area contributed by atoms with Crippen molar-refractivity contribution in [2.45, 2.75) is 20.8 Å². The molecule has 0 atom stereocenters.